The van der Waals surface area contributed by atoms with Gasteiger partial charge in [-0.25, -0.2) is 0 Å². The molecule has 1 rings (SSSR count). The average molecular weight is 221 g/mol. The summed E-state index contributed by atoms with van der Waals surface area (Å²) >= 11 is 0. The molecular formula is C14H23NO. The normalized spacial score (nSPS) is 14.8. The van der Waals surface area contributed by atoms with Gasteiger partial charge in [0.05, 0.1) is 6.61 Å². The second-order valence-corrected chi connectivity index (χ2v) is 4.54. The average Bonchev–Trinajstić information content (AvgIpc) is 2.25. The third-order valence-electron chi connectivity index (χ3n) is 3.09. The number of aliphatic hydroxyl groups excluding tert-OH is 1. The zero-order chi connectivity index (χ0) is 12.1. The number of aryl methyl sites for hydroxylation is 2. The molecule has 0 radical (unpaired) electrons. The number of aliphatic hydroxyl groups is 1. The van der Waals surface area contributed by atoms with E-state index in [0.717, 1.165) is 6.42 Å². The van der Waals surface area contributed by atoms with Crippen LogP contribution in [0.15, 0.2) is 18.2 Å². The van der Waals surface area contributed by atoms with Crippen molar-refractivity contribution in [2.24, 2.45) is 0 Å². The Kier molecular flexibility index (Phi) is 4.97. The van der Waals surface area contributed by atoms with Gasteiger partial charge < -0.3 is 10.4 Å². The molecule has 1 aromatic carbocycles. The minimum atomic E-state index is 0.190. The Labute approximate surface area is 98.7 Å². The first-order valence-electron chi connectivity index (χ1n) is 6.02. The van der Waals surface area contributed by atoms with Crippen LogP contribution in [0.5, 0.6) is 0 Å². The van der Waals surface area contributed by atoms with Crippen LogP contribution < -0.4 is 5.32 Å². The molecule has 90 valence electrons. The van der Waals surface area contributed by atoms with Gasteiger partial charge in [0.15, 0.2) is 0 Å². The molecule has 0 bridgehead atoms. The van der Waals surface area contributed by atoms with Crippen LogP contribution in [0.4, 0.5) is 0 Å². The molecule has 2 N–H and O–H groups in total. The van der Waals surface area contributed by atoms with Gasteiger partial charge in [-0.05, 0) is 38.3 Å². The second-order valence-electron chi connectivity index (χ2n) is 4.54. The topological polar surface area (TPSA) is 32.3 Å². The van der Waals surface area contributed by atoms with Crippen LogP contribution in [0, 0.1) is 13.8 Å². The highest BCUT2D eigenvalue weighted by molar-refractivity contribution is 5.32. The van der Waals surface area contributed by atoms with E-state index in [1.807, 2.05) is 0 Å². The lowest BCUT2D eigenvalue weighted by atomic mass is 9.99. The molecule has 0 aromatic heterocycles. The highest BCUT2D eigenvalue weighted by Gasteiger charge is 2.12. The van der Waals surface area contributed by atoms with Crippen LogP contribution in [-0.4, -0.2) is 17.8 Å². The van der Waals surface area contributed by atoms with Crippen LogP contribution in [-0.2, 0) is 0 Å². The maximum atomic E-state index is 9.17. The van der Waals surface area contributed by atoms with Gasteiger partial charge >= 0.3 is 0 Å². The van der Waals surface area contributed by atoms with Gasteiger partial charge in [-0.2, -0.15) is 0 Å². The van der Waals surface area contributed by atoms with Gasteiger partial charge in [-0.1, -0.05) is 30.7 Å². The highest BCUT2D eigenvalue weighted by Crippen LogP contribution is 2.19. The minimum Gasteiger partial charge on any atom is -0.395 e. The van der Waals surface area contributed by atoms with Gasteiger partial charge in [-0.15, -0.1) is 0 Å². The van der Waals surface area contributed by atoms with Crippen molar-refractivity contribution in [1.82, 2.24) is 5.32 Å². The van der Waals surface area contributed by atoms with Crippen LogP contribution in [0.3, 0.4) is 0 Å². The van der Waals surface area contributed by atoms with Crippen LogP contribution in [0.25, 0.3) is 0 Å². The number of rotatable bonds is 5. The van der Waals surface area contributed by atoms with Crippen LogP contribution in [0.1, 0.15) is 43.0 Å². The molecule has 0 aliphatic heterocycles. The van der Waals surface area contributed by atoms with Gasteiger partial charge in [0, 0.05) is 12.1 Å². The molecule has 0 saturated heterocycles. The summed E-state index contributed by atoms with van der Waals surface area (Å²) in [6.07, 6.45) is 0.950. The lowest BCUT2D eigenvalue weighted by Crippen LogP contribution is -2.34. The van der Waals surface area contributed by atoms with Crippen molar-refractivity contribution in [3.05, 3.63) is 34.9 Å². The molecule has 2 atom stereocenters. The highest BCUT2D eigenvalue weighted by atomic mass is 16.3. The summed E-state index contributed by atoms with van der Waals surface area (Å²) in [5.74, 6) is 0. The molecule has 2 nitrogen and oxygen atoms in total. The maximum absolute atomic E-state index is 9.17. The summed E-state index contributed by atoms with van der Waals surface area (Å²) in [4.78, 5) is 0. The SMILES string of the molecule is CC[C@H](CO)NC(C)c1ccc(C)cc1C. The predicted octanol–water partition coefficient (Wildman–Crippen LogP) is 2.72. The first-order valence-corrected chi connectivity index (χ1v) is 6.02. The van der Waals surface area contributed by atoms with Gasteiger partial charge in [0.1, 0.15) is 0 Å². The number of hydrogen-bond acceptors (Lipinski definition) is 2. The summed E-state index contributed by atoms with van der Waals surface area (Å²) in [6, 6.07) is 6.99. The van der Waals surface area contributed by atoms with Crippen molar-refractivity contribution < 1.29 is 5.11 Å². The summed E-state index contributed by atoms with van der Waals surface area (Å²) in [7, 11) is 0. The molecule has 0 aliphatic rings. The smallest absolute Gasteiger partial charge is 0.0584 e. The Morgan fingerprint density at radius 3 is 2.50 bits per heavy atom. The monoisotopic (exact) mass is 221 g/mol. The van der Waals surface area contributed by atoms with Crippen molar-refractivity contribution >= 4 is 0 Å². The molecule has 0 saturated carbocycles. The lowest BCUT2D eigenvalue weighted by Gasteiger charge is -2.22. The maximum Gasteiger partial charge on any atom is 0.0584 e. The molecule has 2 heteroatoms. The largest absolute Gasteiger partial charge is 0.395 e. The minimum absolute atomic E-state index is 0.190. The van der Waals surface area contributed by atoms with E-state index in [2.05, 4.69) is 51.2 Å². The van der Waals surface area contributed by atoms with Crippen molar-refractivity contribution in [1.29, 1.82) is 0 Å². The molecule has 0 fully saturated rings. The van der Waals surface area contributed by atoms with Crippen LogP contribution >= 0.6 is 0 Å². The van der Waals surface area contributed by atoms with Crippen molar-refractivity contribution in [2.75, 3.05) is 6.61 Å². The van der Waals surface area contributed by atoms with Gasteiger partial charge in [-0.3, -0.25) is 0 Å². The van der Waals surface area contributed by atoms with E-state index < -0.39 is 0 Å². The van der Waals surface area contributed by atoms with Crippen LogP contribution in [0.2, 0.25) is 0 Å². The zero-order valence-corrected chi connectivity index (χ0v) is 10.7. The fourth-order valence-corrected chi connectivity index (χ4v) is 2.05. The Hall–Kier alpha value is -0.860. The van der Waals surface area contributed by atoms with E-state index in [1.54, 1.807) is 0 Å². The Bertz CT molecular complexity index is 332. The number of benzene rings is 1. The fraction of sp³-hybridized carbons (Fsp3) is 0.571. The molecule has 0 aliphatic carbocycles. The summed E-state index contributed by atoms with van der Waals surface area (Å²) in [5, 5.41) is 12.6. The first-order chi connectivity index (χ1) is 7.58. The van der Waals surface area contributed by atoms with E-state index in [-0.39, 0.29) is 18.7 Å². The Morgan fingerprint density at radius 2 is 2.00 bits per heavy atom. The van der Waals surface area contributed by atoms with E-state index in [1.165, 1.54) is 16.7 Å². The molecule has 0 heterocycles. The number of nitrogens with one attached hydrogen (secondary N) is 1. The van der Waals surface area contributed by atoms with E-state index >= 15 is 0 Å². The van der Waals surface area contributed by atoms with E-state index in [9.17, 15) is 5.11 Å². The van der Waals surface area contributed by atoms with Crippen molar-refractivity contribution in [3.63, 3.8) is 0 Å². The standard InChI is InChI=1S/C14H23NO/c1-5-13(9-16)15-12(4)14-7-6-10(2)8-11(14)3/h6-8,12-13,15-16H,5,9H2,1-4H3/t12?,13-/m1/s1. The van der Waals surface area contributed by atoms with Crippen molar-refractivity contribution in [3.8, 4) is 0 Å². The van der Waals surface area contributed by atoms with E-state index in [0.29, 0.717) is 0 Å². The first kappa shape index (κ1) is 13.2. The Balaban J connectivity index is 2.76. The Morgan fingerprint density at radius 1 is 1.31 bits per heavy atom. The van der Waals surface area contributed by atoms with Crippen molar-refractivity contribution in [2.45, 2.75) is 46.2 Å². The summed E-state index contributed by atoms with van der Waals surface area (Å²) in [5.41, 5.74) is 3.92. The lowest BCUT2D eigenvalue weighted by molar-refractivity contribution is 0.230. The molecule has 16 heavy (non-hydrogen) atoms. The molecular weight excluding hydrogens is 198 g/mol. The third-order valence-corrected chi connectivity index (χ3v) is 3.09. The predicted molar refractivity (Wildman–Crippen MR) is 68.6 cm³/mol. The quantitative estimate of drug-likeness (QED) is 0.801. The van der Waals surface area contributed by atoms with Gasteiger partial charge in [0.25, 0.3) is 0 Å². The van der Waals surface area contributed by atoms with Gasteiger partial charge in [0.2, 0.25) is 0 Å². The molecule has 0 amide bonds. The fourth-order valence-electron chi connectivity index (χ4n) is 2.05. The zero-order valence-electron chi connectivity index (χ0n) is 10.7. The summed E-state index contributed by atoms with van der Waals surface area (Å²) < 4.78 is 0. The second kappa shape index (κ2) is 6.02. The third kappa shape index (κ3) is 3.32. The summed E-state index contributed by atoms with van der Waals surface area (Å²) in [6.45, 7) is 8.68. The number of hydrogen-bond donors (Lipinski definition) is 2. The molecule has 0 spiro atoms. The molecule has 1 aromatic rings. The van der Waals surface area contributed by atoms with E-state index in [4.69, 9.17) is 0 Å². The molecule has 1 unspecified atom stereocenters.